The molecule has 1 N–H and O–H groups in total. The van der Waals surface area contributed by atoms with Crippen LogP contribution in [0.3, 0.4) is 0 Å². The van der Waals surface area contributed by atoms with Gasteiger partial charge in [0.05, 0.1) is 21.5 Å². The number of amides is 1. The quantitative estimate of drug-likeness (QED) is 0.617. The molecule has 0 saturated carbocycles. The fourth-order valence-corrected chi connectivity index (χ4v) is 5.79. The van der Waals surface area contributed by atoms with Gasteiger partial charge in [0, 0.05) is 25.5 Å². The van der Waals surface area contributed by atoms with Crippen molar-refractivity contribution in [1.82, 2.24) is 19.4 Å². The number of sulfonamides is 1. The third-order valence-electron chi connectivity index (χ3n) is 4.99. The molecule has 3 rings (SSSR count). The molecule has 0 aliphatic carbocycles. The Hall–Kier alpha value is -2.23. The second-order valence-electron chi connectivity index (χ2n) is 6.89. The molecule has 0 saturated heterocycles. The fourth-order valence-electron chi connectivity index (χ4n) is 3.31. The maximum absolute atomic E-state index is 12.7. The van der Waals surface area contributed by atoms with E-state index in [1.807, 2.05) is 40.8 Å². The Bertz CT molecular complexity index is 1090. The predicted molar refractivity (Wildman–Crippen MR) is 116 cm³/mol. The topological polar surface area (TPSA) is 84.3 Å². The van der Waals surface area contributed by atoms with Gasteiger partial charge in [0.2, 0.25) is 10.0 Å². The highest BCUT2D eigenvalue weighted by Crippen LogP contribution is 2.28. The molecule has 2 heterocycles. The van der Waals surface area contributed by atoms with Gasteiger partial charge in [-0.1, -0.05) is 26.0 Å². The largest absolute Gasteiger partial charge is 0.345 e. The molecular weight excluding hydrogens is 408 g/mol. The summed E-state index contributed by atoms with van der Waals surface area (Å²) in [6.07, 6.45) is 0. The Morgan fingerprint density at radius 3 is 2.41 bits per heavy atom. The molecule has 29 heavy (non-hydrogen) atoms. The third-order valence-corrected chi connectivity index (χ3v) is 8.26. The average Bonchev–Trinajstić information content (AvgIpc) is 3.24. The second kappa shape index (κ2) is 8.25. The van der Waals surface area contributed by atoms with Crippen LogP contribution in [-0.2, 0) is 17.1 Å². The summed E-state index contributed by atoms with van der Waals surface area (Å²) in [5.41, 5.74) is 1.74. The number of benzene rings is 1. The van der Waals surface area contributed by atoms with Gasteiger partial charge in [-0.2, -0.15) is 9.40 Å². The maximum Gasteiger partial charge on any atom is 0.261 e. The van der Waals surface area contributed by atoms with Crippen molar-refractivity contribution in [3.8, 4) is 0 Å². The minimum absolute atomic E-state index is 0.155. The summed E-state index contributed by atoms with van der Waals surface area (Å²) in [5, 5.41) is 8.33. The molecule has 156 valence electrons. The normalized spacial score (nSPS) is 13.2. The molecule has 7 nitrogen and oxygen atoms in total. The Kier molecular flexibility index (Phi) is 6.11. The van der Waals surface area contributed by atoms with Crippen molar-refractivity contribution < 1.29 is 13.2 Å². The first-order chi connectivity index (χ1) is 13.7. The maximum atomic E-state index is 12.7. The van der Waals surface area contributed by atoms with Gasteiger partial charge in [-0.05, 0) is 37.6 Å². The monoisotopic (exact) mass is 434 g/mol. The molecule has 9 heteroatoms. The van der Waals surface area contributed by atoms with Gasteiger partial charge in [0.1, 0.15) is 4.83 Å². The molecule has 0 bridgehead atoms. The lowest BCUT2D eigenvalue weighted by Gasteiger charge is -2.19. The van der Waals surface area contributed by atoms with Crippen molar-refractivity contribution in [2.24, 2.45) is 7.05 Å². The van der Waals surface area contributed by atoms with E-state index in [0.717, 1.165) is 21.5 Å². The number of hydrogen-bond acceptors (Lipinski definition) is 5. The lowest BCUT2D eigenvalue weighted by atomic mass is 10.1. The van der Waals surface area contributed by atoms with Crippen LogP contribution in [0.2, 0.25) is 0 Å². The molecule has 0 spiro atoms. The zero-order chi connectivity index (χ0) is 21.3. The van der Waals surface area contributed by atoms with Gasteiger partial charge in [-0.3, -0.25) is 9.48 Å². The van der Waals surface area contributed by atoms with E-state index in [0.29, 0.717) is 18.0 Å². The Morgan fingerprint density at radius 1 is 1.24 bits per heavy atom. The van der Waals surface area contributed by atoms with Gasteiger partial charge in [0.15, 0.2) is 0 Å². The first kappa shape index (κ1) is 21.5. The van der Waals surface area contributed by atoms with Crippen molar-refractivity contribution in [2.75, 3.05) is 13.1 Å². The molecule has 1 atom stereocenters. The van der Waals surface area contributed by atoms with Crippen LogP contribution in [-0.4, -0.2) is 41.5 Å². The lowest BCUT2D eigenvalue weighted by Crippen LogP contribution is -2.30. The van der Waals surface area contributed by atoms with Gasteiger partial charge >= 0.3 is 0 Å². The number of aryl methyl sites for hydroxylation is 2. The summed E-state index contributed by atoms with van der Waals surface area (Å²) in [6.45, 7) is 8.30. The predicted octanol–water partition coefficient (Wildman–Crippen LogP) is 3.46. The molecule has 0 aliphatic rings. The van der Waals surface area contributed by atoms with E-state index in [4.69, 9.17) is 0 Å². The van der Waals surface area contributed by atoms with Gasteiger partial charge < -0.3 is 5.32 Å². The number of fused-ring (bicyclic) bond motifs is 1. The highest BCUT2D eigenvalue weighted by atomic mass is 32.2. The molecule has 1 aromatic carbocycles. The summed E-state index contributed by atoms with van der Waals surface area (Å²) in [7, 11) is -1.62. The first-order valence-electron chi connectivity index (χ1n) is 9.53. The minimum atomic E-state index is -3.49. The van der Waals surface area contributed by atoms with Crippen molar-refractivity contribution in [3.05, 3.63) is 46.5 Å². The number of aromatic nitrogens is 2. The van der Waals surface area contributed by atoms with Crippen molar-refractivity contribution in [3.63, 3.8) is 0 Å². The Labute approximate surface area is 175 Å². The Balaban J connectivity index is 1.75. The fraction of sp³-hybridized carbons (Fsp3) is 0.400. The van der Waals surface area contributed by atoms with Crippen molar-refractivity contribution >= 4 is 37.5 Å². The second-order valence-corrected chi connectivity index (χ2v) is 9.86. The lowest BCUT2D eigenvalue weighted by molar-refractivity contribution is 0.0944. The van der Waals surface area contributed by atoms with E-state index >= 15 is 0 Å². The SMILES string of the molecule is CCN(CC)S(=O)(=O)c1ccc([C@@H](C)NC(=O)c2cc3c(C)nn(C)c3s2)cc1. The standard InChI is InChI=1S/C20H26N4O3S2/c1-6-24(7-2)29(26,27)16-10-8-15(9-11-16)13(3)21-19(25)18-12-17-14(4)22-23(5)20(17)28-18/h8-13H,6-7H2,1-5H3,(H,21,25)/t13-/m1/s1. The summed E-state index contributed by atoms with van der Waals surface area (Å²) in [5.74, 6) is -0.155. The molecule has 1 amide bonds. The highest BCUT2D eigenvalue weighted by molar-refractivity contribution is 7.89. The zero-order valence-corrected chi connectivity index (χ0v) is 18.9. The number of carbonyl (C=O) groups is 1. The molecule has 2 aromatic heterocycles. The van der Waals surface area contributed by atoms with Crippen LogP contribution in [0.4, 0.5) is 0 Å². The van der Waals surface area contributed by atoms with Crippen LogP contribution < -0.4 is 5.32 Å². The van der Waals surface area contributed by atoms with Crippen molar-refractivity contribution in [1.29, 1.82) is 0 Å². The number of nitrogens with one attached hydrogen (secondary N) is 1. The minimum Gasteiger partial charge on any atom is -0.345 e. The first-order valence-corrected chi connectivity index (χ1v) is 11.8. The summed E-state index contributed by atoms with van der Waals surface area (Å²) < 4.78 is 28.4. The van der Waals surface area contributed by atoms with E-state index in [1.165, 1.54) is 15.6 Å². The van der Waals surface area contributed by atoms with Crippen molar-refractivity contribution in [2.45, 2.75) is 38.6 Å². The third kappa shape index (κ3) is 4.08. The van der Waals surface area contributed by atoms with Crippen LogP contribution in [0.15, 0.2) is 35.2 Å². The molecule has 0 aliphatic heterocycles. The molecular formula is C20H26N4O3S2. The molecule has 0 fully saturated rings. The molecule has 0 unspecified atom stereocenters. The zero-order valence-electron chi connectivity index (χ0n) is 17.3. The number of nitrogens with zero attached hydrogens (tertiary/aromatic N) is 3. The highest BCUT2D eigenvalue weighted by Gasteiger charge is 2.22. The van der Waals surface area contributed by atoms with Gasteiger partial charge in [-0.25, -0.2) is 8.42 Å². The average molecular weight is 435 g/mol. The van der Waals surface area contributed by atoms with E-state index < -0.39 is 10.0 Å². The Morgan fingerprint density at radius 2 is 1.86 bits per heavy atom. The number of carbonyl (C=O) groups excluding carboxylic acids is 1. The summed E-state index contributed by atoms with van der Waals surface area (Å²) >= 11 is 1.41. The summed E-state index contributed by atoms with van der Waals surface area (Å²) in [4.78, 5) is 14.5. The van der Waals surface area contributed by atoms with Gasteiger partial charge in [-0.15, -0.1) is 11.3 Å². The molecule has 3 aromatic rings. The smallest absolute Gasteiger partial charge is 0.261 e. The van der Waals surface area contributed by atoms with E-state index in [1.54, 1.807) is 28.9 Å². The van der Waals surface area contributed by atoms with Crippen LogP contribution in [0.25, 0.3) is 10.2 Å². The van der Waals surface area contributed by atoms with Crippen LogP contribution in [0, 0.1) is 6.92 Å². The van der Waals surface area contributed by atoms with E-state index in [2.05, 4.69) is 10.4 Å². The van der Waals surface area contributed by atoms with E-state index in [9.17, 15) is 13.2 Å². The van der Waals surface area contributed by atoms with Crippen LogP contribution in [0.5, 0.6) is 0 Å². The van der Waals surface area contributed by atoms with Crippen LogP contribution >= 0.6 is 11.3 Å². The number of thiophene rings is 1. The molecule has 0 radical (unpaired) electrons. The summed E-state index contributed by atoms with van der Waals surface area (Å²) in [6, 6.07) is 8.31. The van der Waals surface area contributed by atoms with Crippen LogP contribution in [0.1, 0.15) is 47.7 Å². The number of rotatable bonds is 7. The van der Waals surface area contributed by atoms with E-state index in [-0.39, 0.29) is 16.8 Å². The number of hydrogen-bond donors (Lipinski definition) is 1. The van der Waals surface area contributed by atoms with Gasteiger partial charge in [0.25, 0.3) is 5.91 Å².